The van der Waals surface area contributed by atoms with Crippen molar-refractivity contribution in [3.63, 3.8) is 0 Å². The maximum Gasteiger partial charge on any atom is 0.472 e. The number of esters is 2. The summed E-state index contributed by atoms with van der Waals surface area (Å²) in [6, 6.07) is 0. The van der Waals surface area contributed by atoms with Crippen molar-refractivity contribution >= 4 is 19.8 Å². The summed E-state index contributed by atoms with van der Waals surface area (Å²) >= 11 is 0. The number of hydrogen-bond donors (Lipinski definition) is 2. The molecule has 0 amide bonds. The Morgan fingerprint density at radius 3 is 1.90 bits per heavy atom. The predicted molar refractivity (Wildman–Crippen MR) is 161 cm³/mol. The molecule has 1 unspecified atom stereocenters. The number of carbonyl (C=O) groups is 2. The average molecular weight is 603 g/mol. The molecule has 0 aromatic carbocycles. The van der Waals surface area contributed by atoms with Crippen molar-refractivity contribution in [3.05, 3.63) is 48.6 Å². The molecular weight excluding hydrogens is 549 g/mol. The standard InChI is InChI=1S/C30H52NO9P/c1-28(33)37-26-29(27-39-41(35,36)38-25-23-31(2,3)4)40-30(34)22-20-18-16-14-12-10-8-6-5-7-9-11-13-15-17-19-21-24-32/h5,7-8,10-11,13-14,16,29,32H,6,9,12,15,17-27H2,1-4H3/p+1/b7-5-,10-8-,13-11-,16-14-/t29-/m1/s1. The first-order valence-electron chi connectivity index (χ1n) is 14.4. The Morgan fingerprint density at radius 1 is 0.805 bits per heavy atom. The zero-order chi connectivity index (χ0) is 30.8. The van der Waals surface area contributed by atoms with Gasteiger partial charge in [-0.3, -0.25) is 18.6 Å². The Balaban J connectivity index is 4.18. The number of rotatable bonds is 25. The Labute approximate surface area is 246 Å². The minimum absolute atomic E-state index is 0.0120. The smallest absolute Gasteiger partial charge is 0.462 e. The number of aliphatic hydroxyl groups excluding tert-OH is 1. The van der Waals surface area contributed by atoms with E-state index in [2.05, 4.69) is 36.5 Å². The number of phosphoric ester groups is 1. The van der Waals surface area contributed by atoms with E-state index in [4.69, 9.17) is 23.6 Å². The highest BCUT2D eigenvalue weighted by atomic mass is 31.2. The normalized spacial score (nSPS) is 14.8. The first-order valence-corrected chi connectivity index (χ1v) is 15.9. The molecule has 2 atom stereocenters. The molecule has 0 heterocycles. The van der Waals surface area contributed by atoms with Crippen LogP contribution in [0.25, 0.3) is 0 Å². The highest BCUT2D eigenvalue weighted by molar-refractivity contribution is 7.47. The molecule has 0 radical (unpaired) electrons. The van der Waals surface area contributed by atoms with Gasteiger partial charge in [0.05, 0.1) is 27.7 Å². The van der Waals surface area contributed by atoms with Crippen molar-refractivity contribution in [2.45, 2.75) is 77.2 Å². The topological polar surface area (TPSA) is 129 Å². The first-order chi connectivity index (χ1) is 19.4. The van der Waals surface area contributed by atoms with Gasteiger partial charge in [-0.2, -0.15) is 0 Å². The summed E-state index contributed by atoms with van der Waals surface area (Å²) in [6.45, 7) is 1.27. The number of likely N-dealkylation sites (N-methyl/N-ethyl adjacent to an activating group) is 1. The van der Waals surface area contributed by atoms with Crippen LogP contribution in [0, 0.1) is 0 Å². The van der Waals surface area contributed by atoms with Gasteiger partial charge in [0.2, 0.25) is 0 Å². The number of allylic oxidation sites excluding steroid dienone is 8. The maximum atomic E-state index is 12.2. The number of nitrogens with zero attached hydrogens (tertiary/aromatic N) is 1. The summed E-state index contributed by atoms with van der Waals surface area (Å²) in [5.74, 6) is -1.08. The van der Waals surface area contributed by atoms with E-state index in [9.17, 15) is 19.0 Å². The number of quaternary nitrogens is 1. The molecule has 0 rings (SSSR count). The summed E-state index contributed by atoms with van der Waals surface area (Å²) in [4.78, 5) is 33.3. The lowest BCUT2D eigenvalue weighted by Crippen LogP contribution is -2.37. The Kier molecular flexibility index (Phi) is 23.3. The Hall–Kier alpha value is -2.07. The minimum atomic E-state index is -4.35. The van der Waals surface area contributed by atoms with E-state index in [1.807, 2.05) is 33.3 Å². The number of phosphoric acid groups is 1. The molecule has 0 fully saturated rings. The van der Waals surface area contributed by atoms with Gasteiger partial charge in [-0.15, -0.1) is 0 Å². The lowest BCUT2D eigenvalue weighted by molar-refractivity contribution is -0.870. The van der Waals surface area contributed by atoms with Crippen molar-refractivity contribution in [2.24, 2.45) is 0 Å². The molecule has 0 bridgehead atoms. The molecule has 0 spiro atoms. The third-order valence-electron chi connectivity index (χ3n) is 5.47. The molecule has 0 saturated carbocycles. The molecule has 41 heavy (non-hydrogen) atoms. The van der Waals surface area contributed by atoms with Gasteiger partial charge in [0.1, 0.15) is 19.8 Å². The molecule has 0 aliphatic rings. The molecule has 2 N–H and O–H groups in total. The van der Waals surface area contributed by atoms with Gasteiger partial charge < -0.3 is 24.0 Å². The second-order valence-electron chi connectivity index (χ2n) is 10.6. The van der Waals surface area contributed by atoms with Gasteiger partial charge in [0.15, 0.2) is 6.10 Å². The van der Waals surface area contributed by atoms with Gasteiger partial charge in [0, 0.05) is 20.0 Å². The van der Waals surface area contributed by atoms with Crippen LogP contribution < -0.4 is 0 Å². The number of unbranched alkanes of at least 4 members (excludes halogenated alkanes) is 4. The van der Waals surface area contributed by atoms with Crippen LogP contribution in [0.3, 0.4) is 0 Å². The summed E-state index contributed by atoms with van der Waals surface area (Å²) in [5.41, 5.74) is 0. The molecule has 0 aromatic rings. The van der Waals surface area contributed by atoms with E-state index in [0.717, 1.165) is 44.9 Å². The maximum absolute atomic E-state index is 12.2. The predicted octanol–water partition coefficient (Wildman–Crippen LogP) is 5.42. The third kappa shape index (κ3) is 29.2. The molecule has 0 aliphatic carbocycles. The number of carbonyl (C=O) groups excluding carboxylic acids is 2. The molecule has 11 heteroatoms. The van der Waals surface area contributed by atoms with E-state index in [-0.39, 0.29) is 26.2 Å². The van der Waals surface area contributed by atoms with Gasteiger partial charge in [-0.05, 0) is 51.4 Å². The second kappa shape index (κ2) is 24.5. The van der Waals surface area contributed by atoms with Crippen molar-refractivity contribution in [3.8, 4) is 0 Å². The van der Waals surface area contributed by atoms with Crippen LogP contribution >= 0.6 is 7.82 Å². The van der Waals surface area contributed by atoms with E-state index >= 15 is 0 Å². The SMILES string of the molecule is CC(=O)OC[C@H](COP(=O)(O)OCC[N+](C)(C)C)OC(=O)CCC/C=C\C/C=C\C/C=C\C/C=C\CCCCCO. The van der Waals surface area contributed by atoms with Gasteiger partial charge >= 0.3 is 19.8 Å². The molecule has 0 saturated heterocycles. The fourth-order valence-corrected chi connectivity index (χ4v) is 3.92. The number of aliphatic hydroxyl groups is 1. The quantitative estimate of drug-likeness (QED) is 0.0463. The van der Waals surface area contributed by atoms with E-state index < -0.39 is 32.5 Å². The van der Waals surface area contributed by atoms with Crippen molar-refractivity contribution in [1.82, 2.24) is 0 Å². The molecular formula is C30H53NO9P+. The van der Waals surface area contributed by atoms with Crippen LogP contribution in [0.5, 0.6) is 0 Å². The van der Waals surface area contributed by atoms with Gasteiger partial charge in [-0.1, -0.05) is 55.0 Å². The van der Waals surface area contributed by atoms with E-state index in [1.165, 1.54) is 6.92 Å². The Bertz CT molecular complexity index is 863. The number of hydrogen-bond acceptors (Lipinski definition) is 8. The highest BCUT2D eigenvalue weighted by Crippen LogP contribution is 2.43. The van der Waals surface area contributed by atoms with Crippen LogP contribution in [0.2, 0.25) is 0 Å². The fourth-order valence-electron chi connectivity index (χ4n) is 3.18. The highest BCUT2D eigenvalue weighted by Gasteiger charge is 2.26. The van der Waals surface area contributed by atoms with Crippen LogP contribution in [0.15, 0.2) is 48.6 Å². The largest absolute Gasteiger partial charge is 0.472 e. The summed E-state index contributed by atoms with van der Waals surface area (Å²) in [7, 11) is 1.40. The fraction of sp³-hybridized carbons (Fsp3) is 0.667. The lowest BCUT2D eigenvalue weighted by Gasteiger charge is -2.24. The molecule has 0 aliphatic heterocycles. The van der Waals surface area contributed by atoms with Crippen molar-refractivity contribution in [2.75, 3.05) is 54.1 Å². The average Bonchev–Trinajstić information content (AvgIpc) is 2.88. The Morgan fingerprint density at radius 2 is 1.37 bits per heavy atom. The van der Waals surface area contributed by atoms with Crippen LogP contribution in [0.4, 0.5) is 0 Å². The van der Waals surface area contributed by atoms with Crippen molar-refractivity contribution in [1.29, 1.82) is 0 Å². The summed E-state index contributed by atoms with van der Waals surface area (Å²) in [6.07, 6.45) is 24.1. The summed E-state index contributed by atoms with van der Waals surface area (Å²) in [5, 5.41) is 8.74. The molecule has 10 nitrogen and oxygen atoms in total. The monoisotopic (exact) mass is 602 g/mol. The second-order valence-corrected chi connectivity index (χ2v) is 12.0. The molecule has 0 aromatic heterocycles. The van der Waals surface area contributed by atoms with Crippen LogP contribution in [-0.4, -0.2) is 86.6 Å². The van der Waals surface area contributed by atoms with Crippen molar-refractivity contribution < 1.29 is 47.2 Å². The first kappa shape index (κ1) is 38.9. The lowest BCUT2D eigenvalue weighted by atomic mass is 10.2. The third-order valence-corrected chi connectivity index (χ3v) is 6.46. The molecule has 236 valence electrons. The zero-order valence-electron chi connectivity index (χ0n) is 25.4. The van der Waals surface area contributed by atoms with Gasteiger partial charge in [0.25, 0.3) is 0 Å². The number of ether oxygens (including phenoxy) is 2. The van der Waals surface area contributed by atoms with E-state index in [0.29, 0.717) is 23.9 Å². The van der Waals surface area contributed by atoms with Crippen LogP contribution in [0.1, 0.15) is 71.1 Å². The van der Waals surface area contributed by atoms with E-state index in [1.54, 1.807) is 0 Å². The van der Waals surface area contributed by atoms with Gasteiger partial charge in [-0.25, -0.2) is 4.57 Å². The van der Waals surface area contributed by atoms with Crippen LogP contribution in [-0.2, 0) is 32.7 Å². The minimum Gasteiger partial charge on any atom is -0.462 e. The summed E-state index contributed by atoms with van der Waals surface area (Å²) < 4.78 is 32.8. The zero-order valence-corrected chi connectivity index (χ0v) is 26.3.